The molecule has 1 aliphatic rings. The number of rotatable bonds is 6. The van der Waals surface area contributed by atoms with Crippen LogP contribution in [-0.4, -0.2) is 23.9 Å². The quantitative estimate of drug-likeness (QED) is 0.615. The van der Waals surface area contributed by atoms with Crippen LogP contribution in [0, 0.1) is 11.8 Å². The summed E-state index contributed by atoms with van der Waals surface area (Å²) in [6.45, 7) is 0.0996. The first-order chi connectivity index (χ1) is 12.1. The zero-order chi connectivity index (χ0) is 18.1. The highest BCUT2D eigenvalue weighted by Gasteiger charge is 2.32. The smallest absolute Gasteiger partial charge is 0.403 e. The van der Waals surface area contributed by atoms with E-state index in [1.165, 1.54) is 0 Å². The van der Waals surface area contributed by atoms with Gasteiger partial charge in [0.05, 0.1) is 13.0 Å². The number of hydrogen-bond acceptors (Lipinski definition) is 5. The van der Waals surface area contributed by atoms with Gasteiger partial charge in [-0.1, -0.05) is 43.2 Å². The number of nitrogens with one attached hydrogen (secondary N) is 1. The molecule has 0 spiro atoms. The van der Waals surface area contributed by atoms with Gasteiger partial charge in [-0.05, 0) is 24.8 Å². The molecule has 1 amide bonds. The standard InChI is InChI=1S/C18H22ClNO5/c19-18(23)24-12-14-8-4-5-9-15(14)17(22)20-25-16(21)11-10-13-6-2-1-3-7-13/h1-3,6-7,14-15H,4-5,8-12H2,(H,20,22)/t14-,15-/m1/s1. The molecule has 0 saturated heterocycles. The number of hydrogen-bond donors (Lipinski definition) is 1. The van der Waals surface area contributed by atoms with Crippen LogP contribution >= 0.6 is 11.6 Å². The Morgan fingerprint density at radius 2 is 1.84 bits per heavy atom. The van der Waals surface area contributed by atoms with E-state index in [1.807, 2.05) is 30.3 Å². The van der Waals surface area contributed by atoms with E-state index >= 15 is 0 Å². The summed E-state index contributed by atoms with van der Waals surface area (Å²) in [6, 6.07) is 9.57. The van der Waals surface area contributed by atoms with Crippen molar-refractivity contribution in [1.82, 2.24) is 5.48 Å². The average Bonchev–Trinajstić information content (AvgIpc) is 2.63. The fourth-order valence-corrected chi connectivity index (χ4v) is 3.11. The Morgan fingerprint density at radius 3 is 2.56 bits per heavy atom. The van der Waals surface area contributed by atoms with Crippen LogP contribution in [0.4, 0.5) is 4.79 Å². The Kier molecular flexibility index (Phi) is 7.73. The molecule has 0 unspecified atom stereocenters. The molecule has 1 aromatic carbocycles. The summed E-state index contributed by atoms with van der Waals surface area (Å²) in [5.74, 6) is -1.31. The monoisotopic (exact) mass is 367 g/mol. The third-order valence-electron chi connectivity index (χ3n) is 4.38. The van der Waals surface area contributed by atoms with Gasteiger partial charge in [-0.25, -0.2) is 9.59 Å². The fraction of sp³-hybridized carbons (Fsp3) is 0.500. The molecule has 2 rings (SSSR count). The lowest BCUT2D eigenvalue weighted by atomic mass is 9.79. The van der Waals surface area contributed by atoms with Gasteiger partial charge in [0.25, 0.3) is 5.91 Å². The molecule has 1 aromatic rings. The molecule has 0 bridgehead atoms. The van der Waals surface area contributed by atoms with Crippen molar-refractivity contribution in [2.45, 2.75) is 38.5 Å². The highest BCUT2D eigenvalue weighted by molar-refractivity contribution is 6.61. The van der Waals surface area contributed by atoms with Crippen LogP contribution < -0.4 is 5.48 Å². The van der Waals surface area contributed by atoms with Crippen molar-refractivity contribution in [3.63, 3.8) is 0 Å². The number of carbonyl (C=O) groups is 3. The van der Waals surface area contributed by atoms with Crippen molar-refractivity contribution >= 4 is 28.9 Å². The van der Waals surface area contributed by atoms with Gasteiger partial charge in [0.2, 0.25) is 0 Å². The van der Waals surface area contributed by atoms with Gasteiger partial charge in [-0.2, -0.15) is 5.48 Å². The molecule has 1 N–H and O–H groups in total. The lowest BCUT2D eigenvalue weighted by Crippen LogP contribution is -2.39. The van der Waals surface area contributed by atoms with Gasteiger partial charge < -0.3 is 9.57 Å². The molecular formula is C18H22ClNO5. The number of carbonyl (C=O) groups excluding carboxylic acids is 3. The summed E-state index contributed by atoms with van der Waals surface area (Å²) in [5, 5.41) is 0. The van der Waals surface area contributed by atoms with Gasteiger partial charge in [0, 0.05) is 23.4 Å². The first kappa shape index (κ1) is 19.2. The molecule has 1 saturated carbocycles. The third-order valence-corrected chi connectivity index (χ3v) is 4.49. The predicted molar refractivity (Wildman–Crippen MR) is 91.6 cm³/mol. The zero-order valence-electron chi connectivity index (χ0n) is 13.9. The Balaban J connectivity index is 1.75. The van der Waals surface area contributed by atoms with Gasteiger partial charge >= 0.3 is 11.4 Å². The van der Waals surface area contributed by atoms with Crippen LogP contribution in [-0.2, 0) is 25.6 Å². The van der Waals surface area contributed by atoms with E-state index in [0.717, 1.165) is 24.8 Å². The largest absolute Gasteiger partial charge is 0.453 e. The molecule has 0 aliphatic heterocycles. The number of amides is 1. The van der Waals surface area contributed by atoms with E-state index in [1.54, 1.807) is 0 Å². The summed E-state index contributed by atoms with van der Waals surface area (Å²) in [5.41, 5.74) is 2.40. The van der Waals surface area contributed by atoms with Crippen LogP contribution in [0.5, 0.6) is 0 Å². The number of benzene rings is 1. The highest BCUT2D eigenvalue weighted by Crippen LogP contribution is 2.30. The molecule has 2 atom stereocenters. The van der Waals surface area contributed by atoms with Gasteiger partial charge in [-0.3, -0.25) is 4.79 Å². The van der Waals surface area contributed by atoms with Gasteiger partial charge in [-0.15, -0.1) is 0 Å². The highest BCUT2D eigenvalue weighted by atomic mass is 35.5. The normalized spacial score (nSPS) is 19.7. The lowest BCUT2D eigenvalue weighted by Gasteiger charge is -2.29. The van der Waals surface area contributed by atoms with Crippen LogP contribution in [0.3, 0.4) is 0 Å². The fourth-order valence-electron chi connectivity index (χ4n) is 3.05. The summed E-state index contributed by atoms with van der Waals surface area (Å²) >= 11 is 5.18. The number of ether oxygens (including phenoxy) is 1. The summed E-state index contributed by atoms with van der Waals surface area (Å²) < 4.78 is 4.81. The Bertz CT molecular complexity index is 592. The van der Waals surface area contributed by atoms with E-state index in [4.69, 9.17) is 21.2 Å². The average molecular weight is 368 g/mol. The second-order valence-corrected chi connectivity index (χ2v) is 6.43. The predicted octanol–water partition coefficient (Wildman–Crippen LogP) is 3.38. The van der Waals surface area contributed by atoms with Crippen molar-refractivity contribution in [3.8, 4) is 0 Å². The van der Waals surface area contributed by atoms with Crippen molar-refractivity contribution in [1.29, 1.82) is 0 Å². The van der Waals surface area contributed by atoms with Gasteiger partial charge in [0.15, 0.2) is 0 Å². The topological polar surface area (TPSA) is 81.7 Å². The van der Waals surface area contributed by atoms with Gasteiger partial charge in [0.1, 0.15) is 0 Å². The van der Waals surface area contributed by atoms with Crippen LogP contribution in [0.25, 0.3) is 0 Å². The van der Waals surface area contributed by atoms with Crippen molar-refractivity contribution in [2.75, 3.05) is 6.61 Å². The van der Waals surface area contributed by atoms with Crippen molar-refractivity contribution in [2.24, 2.45) is 11.8 Å². The van der Waals surface area contributed by atoms with E-state index < -0.39 is 11.4 Å². The number of hydroxylamine groups is 1. The summed E-state index contributed by atoms with van der Waals surface area (Å²) in [4.78, 5) is 39.7. The molecule has 6 nitrogen and oxygen atoms in total. The molecule has 136 valence electrons. The minimum atomic E-state index is -0.878. The Hall–Kier alpha value is -2.08. The Labute approximate surface area is 151 Å². The molecule has 0 heterocycles. The molecule has 1 aliphatic carbocycles. The minimum absolute atomic E-state index is 0.0996. The lowest BCUT2D eigenvalue weighted by molar-refractivity contribution is -0.161. The van der Waals surface area contributed by atoms with Crippen molar-refractivity contribution < 1.29 is 24.0 Å². The van der Waals surface area contributed by atoms with Crippen LogP contribution in [0.15, 0.2) is 30.3 Å². The van der Waals surface area contributed by atoms with Crippen LogP contribution in [0.2, 0.25) is 0 Å². The van der Waals surface area contributed by atoms with E-state index in [2.05, 4.69) is 5.48 Å². The number of halogens is 1. The molecule has 25 heavy (non-hydrogen) atoms. The first-order valence-corrected chi connectivity index (χ1v) is 8.79. The van der Waals surface area contributed by atoms with E-state index in [0.29, 0.717) is 12.8 Å². The molecular weight excluding hydrogens is 346 g/mol. The molecule has 1 fully saturated rings. The maximum Gasteiger partial charge on any atom is 0.403 e. The van der Waals surface area contributed by atoms with E-state index in [9.17, 15) is 14.4 Å². The SMILES string of the molecule is O=C(Cl)OC[C@H]1CCCC[C@H]1C(=O)NOC(=O)CCc1ccccc1. The second-order valence-electron chi connectivity index (χ2n) is 6.13. The minimum Gasteiger partial charge on any atom is -0.453 e. The molecule has 0 radical (unpaired) electrons. The molecule has 7 heteroatoms. The van der Waals surface area contributed by atoms with Crippen LogP contribution in [0.1, 0.15) is 37.7 Å². The Morgan fingerprint density at radius 1 is 1.12 bits per heavy atom. The summed E-state index contributed by atoms with van der Waals surface area (Å²) in [7, 11) is 0. The third kappa shape index (κ3) is 6.74. The zero-order valence-corrected chi connectivity index (χ0v) is 14.7. The first-order valence-electron chi connectivity index (χ1n) is 8.42. The summed E-state index contributed by atoms with van der Waals surface area (Å²) in [6.07, 6.45) is 4.04. The van der Waals surface area contributed by atoms with Crippen molar-refractivity contribution in [3.05, 3.63) is 35.9 Å². The van der Waals surface area contributed by atoms with E-state index in [-0.39, 0.29) is 30.8 Å². The molecule has 0 aromatic heterocycles. The second kappa shape index (κ2) is 10.0. The maximum atomic E-state index is 12.3. The number of aryl methyl sites for hydroxylation is 1. The maximum absolute atomic E-state index is 12.3.